The maximum Gasteiger partial charge on any atom is 0.321 e. The Labute approximate surface area is 286 Å². The lowest BCUT2D eigenvalue weighted by atomic mass is 10.1. The van der Waals surface area contributed by atoms with Crippen LogP contribution in [-0.2, 0) is 9.59 Å². The molecule has 6 amide bonds. The van der Waals surface area contributed by atoms with Gasteiger partial charge in [-0.2, -0.15) is 0 Å². The molecule has 2 heterocycles. The van der Waals surface area contributed by atoms with Crippen molar-refractivity contribution in [2.24, 2.45) is 0 Å². The Hall–Kier alpha value is -4.34. The summed E-state index contributed by atoms with van der Waals surface area (Å²) in [6.07, 6.45) is 6.89. The van der Waals surface area contributed by atoms with E-state index in [2.05, 4.69) is 10.6 Å². The highest BCUT2D eigenvalue weighted by Gasteiger charge is 2.39. The first kappa shape index (κ1) is 36.5. The number of nitrogens with zero attached hydrogens (tertiary/aromatic N) is 4. The standard InChI is InChI=1S/C38H54N6O4/c1-25(2)43(26(3)4)37(47)41-23-9-11-33(41)35(45)39-31-19-15-29(16-20-31)13-14-30-17-21-32(22-18-30)40-36(46)34-12-10-24-42(34)38(48)44(27(5)6)28(7)8/h13-22,25-28,33-34H,9-12,23-24H2,1-8H3,(H,39,45)(H,40,46)/b14-13+/t33-,34-/m0/s1. The monoisotopic (exact) mass is 658 g/mol. The number of amides is 6. The second-order valence-electron chi connectivity index (χ2n) is 14.0. The van der Waals surface area contributed by atoms with E-state index in [4.69, 9.17) is 0 Å². The molecule has 2 fully saturated rings. The van der Waals surface area contributed by atoms with Crippen molar-refractivity contribution in [2.45, 2.75) is 117 Å². The normalized spacial score (nSPS) is 18.0. The summed E-state index contributed by atoms with van der Waals surface area (Å²) in [5.74, 6) is -0.326. The predicted octanol–water partition coefficient (Wildman–Crippen LogP) is 7.14. The molecule has 0 radical (unpaired) electrons. The second kappa shape index (κ2) is 16.2. The first-order chi connectivity index (χ1) is 22.8. The number of likely N-dealkylation sites (tertiary alicyclic amines) is 2. The third-order valence-electron chi connectivity index (χ3n) is 9.09. The number of nitrogens with one attached hydrogen (secondary N) is 2. The van der Waals surface area contributed by atoms with Gasteiger partial charge < -0.3 is 30.2 Å². The SMILES string of the molecule is CC(C)N(C(=O)N1CCC[C@H]1C(=O)Nc1ccc(/C=C/c2ccc(NC(=O)[C@@H]3CCCN3C(=O)N(C(C)C)C(C)C)cc2)cc1)C(C)C. The maximum absolute atomic E-state index is 13.3. The van der Waals surface area contributed by atoms with Crippen molar-refractivity contribution in [3.63, 3.8) is 0 Å². The Bertz CT molecular complexity index is 1330. The highest BCUT2D eigenvalue weighted by atomic mass is 16.2. The molecule has 2 N–H and O–H groups in total. The molecule has 2 aromatic carbocycles. The smallest absolute Gasteiger partial charge is 0.321 e. The van der Waals surface area contributed by atoms with Crippen LogP contribution in [0.1, 0.15) is 92.2 Å². The van der Waals surface area contributed by atoms with E-state index in [0.717, 1.165) is 24.0 Å². The molecule has 0 saturated carbocycles. The highest BCUT2D eigenvalue weighted by molar-refractivity contribution is 5.98. The van der Waals surface area contributed by atoms with E-state index in [1.807, 2.05) is 126 Å². The summed E-state index contributed by atoms with van der Waals surface area (Å²) in [6, 6.07) is 14.3. The van der Waals surface area contributed by atoms with Gasteiger partial charge in [0, 0.05) is 48.6 Å². The van der Waals surface area contributed by atoms with Crippen LogP contribution >= 0.6 is 0 Å². The van der Waals surface area contributed by atoms with Gasteiger partial charge in [-0.05, 0) is 116 Å². The number of hydrogen-bond donors (Lipinski definition) is 2. The van der Waals surface area contributed by atoms with Crippen molar-refractivity contribution >= 4 is 47.4 Å². The van der Waals surface area contributed by atoms with Crippen LogP contribution in [0.25, 0.3) is 12.2 Å². The van der Waals surface area contributed by atoms with Crippen LogP contribution in [0.2, 0.25) is 0 Å². The van der Waals surface area contributed by atoms with Gasteiger partial charge in [-0.15, -0.1) is 0 Å². The summed E-state index contributed by atoms with van der Waals surface area (Å²) in [7, 11) is 0. The minimum absolute atomic E-state index is 0.0540. The topological polar surface area (TPSA) is 105 Å². The van der Waals surface area contributed by atoms with Gasteiger partial charge in [0.25, 0.3) is 0 Å². The number of carbonyl (C=O) groups is 4. The average molecular weight is 659 g/mol. The third kappa shape index (κ3) is 8.76. The molecule has 0 aliphatic carbocycles. The molecule has 48 heavy (non-hydrogen) atoms. The van der Waals surface area contributed by atoms with Crippen LogP contribution in [0, 0.1) is 0 Å². The third-order valence-corrected chi connectivity index (χ3v) is 9.09. The molecule has 0 bridgehead atoms. The lowest BCUT2D eigenvalue weighted by molar-refractivity contribution is -0.120. The van der Waals surface area contributed by atoms with Crippen LogP contribution in [0.15, 0.2) is 48.5 Å². The predicted molar refractivity (Wildman–Crippen MR) is 194 cm³/mol. The van der Waals surface area contributed by atoms with Crippen LogP contribution in [0.4, 0.5) is 21.0 Å². The van der Waals surface area contributed by atoms with Gasteiger partial charge in [-0.3, -0.25) is 9.59 Å². The fourth-order valence-corrected chi connectivity index (χ4v) is 6.91. The minimum atomic E-state index is -0.482. The summed E-state index contributed by atoms with van der Waals surface area (Å²) < 4.78 is 0. The number of hydrogen-bond acceptors (Lipinski definition) is 4. The van der Waals surface area contributed by atoms with E-state index < -0.39 is 12.1 Å². The van der Waals surface area contributed by atoms with Gasteiger partial charge >= 0.3 is 12.1 Å². The van der Waals surface area contributed by atoms with Crippen molar-refractivity contribution in [1.29, 1.82) is 0 Å². The number of carbonyl (C=O) groups excluding carboxylic acids is 4. The van der Waals surface area contributed by atoms with Crippen LogP contribution in [-0.4, -0.2) is 92.8 Å². The number of urea groups is 2. The molecule has 0 aromatic heterocycles. The quantitative estimate of drug-likeness (QED) is 0.265. The van der Waals surface area contributed by atoms with E-state index >= 15 is 0 Å². The molecule has 10 nitrogen and oxygen atoms in total. The molecule has 10 heteroatoms. The van der Waals surface area contributed by atoms with Gasteiger partial charge in [0.2, 0.25) is 11.8 Å². The van der Waals surface area contributed by atoms with Gasteiger partial charge in [0.1, 0.15) is 12.1 Å². The summed E-state index contributed by atoms with van der Waals surface area (Å²) in [4.78, 5) is 60.0. The fourth-order valence-electron chi connectivity index (χ4n) is 6.91. The lowest BCUT2D eigenvalue weighted by Crippen LogP contribution is -2.53. The van der Waals surface area contributed by atoms with E-state index in [9.17, 15) is 19.2 Å². The Balaban J connectivity index is 1.31. The highest BCUT2D eigenvalue weighted by Crippen LogP contribution is 2.25. The number of rotatable bonds is 10. The van der Waals surface area contributed by atoms with Crippen molar-refractivity contribution in [3.8, 4) is 0 Å². The zero-order chi connectivity index (χ0) is 35.1. The van der Waals surface area contributed by atoms with Gasteiger partial charge in [0.15, 0.2) is 0 Å². The molecule has 260 valence electrons. The maximum atomic E-state index is 13.3. The zero-order valence-corrected chi connectivity index (χ0v) is 29.9. The summed E-state index contributed by atoms with van der Waals surface area (Å²) in [6.45, 7) is 17.2. The van der Waals surface area contributed by atoms with Crippen LogP contribution in [0.5, 0.6) is 0 Å². The van der Waals surface area contributed by atoms with E-state index in [1.54, 1.807) is 9.80 Å². The molecule has 0 spiro atoms. The van der Waals surface area contributed by atoms with E-state index in [1.165, 1.54) is 0 Å². The molecule has 2 aliphatic heterocycles. The number of anilines is 2. The van der Waals surface area contributed by atoms with E-state index in [-0.39, 0.29) is 48.0 Å². The second-order valence-corrected chi connectivity index (χ2v) is 14.0. The first-order valence-electron chi connectivity index (χ1n) is 17.5. The van der Waals surface area contributed by atoms with Crippen LogP contribution < -0.4 is 10.6 Å². The number of benzene rings is 2. The first-order valence-corrected chi connectivity index (χ1v) is 17.5. The van der Waals surface area contributed by atoms with Crippen LogP contribution in [0.3, 0.4) is 0 Å². The summed E-state index contributed by atoms with van der Waals surface area (Å²) >= 11 is 0. The molecular weight excluding hydrogens is 604 g/mol. The summed E-state index contributed by atoms with van der Waals surface area (Å²) in [5, 5.41) is 6.00. The molecule has 2 aliphatic rings. The van der Waals surface area contributed by atoms with Crippen molar-refractivity contribution in [1.82, 2.24) is 19.6 Å². The minimum Gasteiger partial charge on any atom is -0.324 e. The Morgan fingerprint density at radius 1 is 0.583 bits per heavy atom. The van der Waals surface area contributed by atoms with Gasteiger partial charge in [0.05, 0.1) is 0 Å². The molecule has 4 rings (SSSR count). The van der Waals surface area contributed by atoms with Gasteiger partial charge in [-0.25, -0.2) is 9.59 Å². The molecule has 2 atom stereocenters. The fraction of sp³-hybridized carbons (Fsp3) is 0.526. The lowest BCUT2D eigenvalue weighted by Gasteiger charge is -2.36. The average Bonchev–Trinajstić information content (AvgIpc) is 3.72. The molecule has 0 unspecified atom stereocenters. The summed E-state index contributed by atoms with van der Waals surface area (Å²) in [5.41, 5.74) is 3.31. The van der Waals surface area contributed by atoms with Crippen molar-refractivity contribution < 1.29 is 19.2 Å². The van der Waals surface area contributed by atoms with Crippen molar-refractivity contribution in [3.05, 3.63) is 59.7 Å². The molecular formula is C38H54N6O4. The Morgan fingerprint density at radius 3 is 1.19 bits per heavy atom. The van der Waals surface area contributed by atoms with E-state index in [0.29, 0.717) is 37.3 Å². The largest absolute Gasteiger partial charge is 0.324 e. The Kier molecular flexibility index (Phi) is 12.3. The zero-order valence-electron chi connectivity index (χ0n) is 29.9. The van der Waals surface area contributed by atoms with Crippen molar-refractivity contribution in [2.75, 3.05) is 23.7 Å². The molecule has 2 saturated heterocycles. The Morgan fingerprint density at radius 2 is 0.896 bits per heavy atom. The van der Waals surface area contributed by atoms with Gasteiger partial charge in [-0.1, -0.05) is 36.4 Å². The molecule has 2 aromatic rings.